The van der Waals surface area contributed by atoms with Gasteiger partial charge in [-0.25, -0.2) is 0 Å². The van der Waals surface area contributed by atoms with Gasteiger partial charge >= 0.3 is 0 Å². The number of aromatic nitrogens is 2. The Labute approximate surface area is 179 Å². The van der Waals surface area contributed by atoms with Crippen LogP contribution in [-0.2, 0) is 9.59 Å². The van der Waals surface area contributed by atoms with Gasteiger partial charge in [-0.15, -0.1) is 21.5 Å². The number of amides is 3. The van der Waals surface area contributed by atoms with E-state index in [0.29, 0.717) is 25.7 Å². The second kappa shape index (κ2) is 9.63. The number of anilines is 3. The lowest BCUT2D eigenvalue weighted by Crippen LogP contribution is -2.14. The summed E-state index contributed by atoms with van der Waals surface area (Å²) in [7, 11) is 0. The maximum absolute atomic E-state index is 12.2. The van der Waals surface area contributed by atoms with Gasteiger partial charge in [-0.3, -0.25) is 19.7 Å². The van der Waals surface area contributed by atoms with Crippen LogP contribution in [0.1, 0.15) is 22.2 Å². The molecule has 3 rings (SSSR count). The molecule has 0 saturated heterocycles. The number of carbonyl (C=O) groups is 3. The SMILES string of the molecule is CC(=O)Nc1cccc(NC(=O)CSc2nnc(NC(=O)c3cc(C)cs3)s2)c1. The number of nitrogens with zero attached hydrogens (tertiary/aromatic N) is 2. The van der Waals surface area contributed by atoms with Crippen molar-refractivity contribution >= 4 is 68.7 Å². The highest BCUT2D eigenvalue weighted by atomic mass is 32.2. The predicted molar refractivity (Wildman–Crippen MR) is 117 cm³/mol. The summed E-state index contributed by atoms with van der Waals surface area (Å²) in [5, 5.41) is 18.3. The number of thioether (sulfide) groups is 1. The van der Waals surface area contributed by atoms with Gasteiger partial charge in [-0.1, -0.05) is 29.2 Å². The van der Waals surface area contributed by atoms with Crippen LogP contribution in [0.4, 0.5) is 16.5 Å². The third-order valence-corrected chi connectivity index (χ3v) is 6.39. The Balaban J connectivity index is 1.49. The van der Waals surface area contributed by atoms with Crippen LogP contribution in [0.15, 0.2) is 40.1 Å². The Bertz CT molecular complexity index is 1050. The maximum atomic E-state index is 12.2. The molecule has 0 saturated carbocycles. The standard InChI is InChI=1S/C18H17N5O3S3/c1-10-6-14(27-8-10)16(26)21-17-22-23-18(29-17)28-9-15(25)20-13-5-3-4-12(7-13)19-11(2)24/h3-8H,9H2,1-2H3,(H,19,24)(H,20,25)(H,21,22,26). The van der Waals surface area contributed by atoms with E-state index in [1.165, 1.54) is 41.4 Å². The topological polar surface area (TPSA) is 113 Å². The summed E-state index contributed by atoms with van der Waals surface area (Å²) < 4.78 is 0.574. The molecule has 8 nitrogen and oxygen atoms in total. The van der Waals surface area contributed by atoms with Crippen molar-refractivity contribution in [2.24, 2.45) is 0 Å². The molecule has 1 aromatic carbocycles. The minimum atomic E-state index is -0.229. The van der Waals surface area contributed by atoms with Crippen LogP contribution in [-0.4, -0.2) is 33.7 Å². The molecule has 29 heavy (non-hydrogen) atoms. The molecule has 0 atom stereocenters. The first-order valence-electron chi connectivity index (χ1n) is 8.39. The second-order valence-corrected chi connectivity index (χ2v) is 9.03. The van der Waals surface area contributed by atoms with E-state index in [1.54, 1.807) is 24.3 Å². The summed E-state index contributed by atoms with van der Waals surface area (Å²) in [6.45, 7) is 3.34. The molecule has 0 fully saturated rings. The summed E-state index contributed by atoms with van der Waals surface area (Å²) >= 11 is 3.80. The lowest BCUT2D eigenvalue weighted by atomic mass is 10.2. The number of benzene rings is 1. The van der Waals surface area contributed by atoms with Crippen LogP contribution in [0.25, 0.3) is 0 Å². The van der Waals surface area contributed by atoms with Crippen LogP contribution >= 0.6 is 34.4 Å². The molecule has 0 unspecified atom stereocenters. The molecule has 0 aliphatic carbocycles. The van der Waals surface area contributed by atoms with Gasteiger partial charge in [-0.05, 0) is 42.1 Å². The van der Waals surface area contributed by atoms with E-state index >= 15 is 0 Å². The Morgan fingerprint density at radius 2 is 1.83 bits per heavy atom. The van der Waals surface area contributed by atoms with Crippen LogP contribution in [0.5, 0.6) is 0 Å². The van der Waals surface area contributed by atoms with Crippen molar-refractivity contribution in [3.8, 4) is 0 Å². The number of carbonyl (C=O) groups excluding carboxylic acids is 3. The quantitative estimate of drug-likeness (QED) is 0.375. The smallest absolute Gasteiger partial charge is 0.267 e. The zero-order valence-electron chi connectivity index (χ0n) is 15.5. The monoisotopic (exact) mass is 447 g/mol. The van der Waals surface area contributed by atoms with E-state index in [-0.39, 0.29) is 23.5 Å². The summed E-state index contributed by atoms with van der Waals surface area (Å²) in [4.78, 5) is 36.0. The Morgan fingerprint density at radius 1 is 1.07 bits per heavy atom. The van der Waals surface area contributed by atoms with Gasteiger partial charge in [-0.2, -0.15) is 0 Å². The Kier molecular flexibility index (Phi) is 6.96. The molecule has 0 radical (unpaired) electrons. The van der Waals surface area contributed by atoms with Gasteiger partial charge in [0.2, 0.25) is 16.9 Å². The molecule has 2 aromatic heterocycles. The van der Waals surface area contributed by atoms with Crippen LogP contribution in [0, 0.1) is 6.92 Å². The third-order valence-electron chi connectivity index (χ3n) is 3.37. The molecule has 3 aromatic rings. The lowest BCUT2D eigenvalue weighted by Gasteiger charge is -2.07. The highest BCUT2D eigenvalue weighted by Crippen LogP contribution is 2.26. The van der Waals surface area contributed by atoms with Gasteiger partial charge in [0.1, 0.15) is 0 Å². The Morgan fingerprint density at radius 3 is 2.52 bits per heavy atom. The first-order valence-corrected chi connectivity index (χ1v) is 11.1. The van der Waals surface area contributed by atoms with Gasteiger partial charge in [0.05, 0.1) is 10.6 Å². The van der Waals surface area contributed by atoms with E-state index in [9.17, 15) is 14.4 Å². The van der Waals surface area contributed by atoms with Crippen molar-refractivity contribution < 1.29 is 14.4 Å². The minimum absolute atomic E-state index is 0.136. The Hall–Kier alpha value is -2.76. The first kappa shape index (κ1) is 21.0. The number of rotatable bonds is 7. The van der Waals surface area contributed by atoms with Crippen molar-refractivity contribution in [3.63, 3.8) is 0 Å². The molecule has 3 amide bonds. The molecule has 150 valence electrons. The van der Waals surface area contributed by atoms with E-state index in [4.69, 9.17) is 0 Å². The highest BCUT2D eigenvalue weighted by Gasteiger charge is 2.13. The average molecular weight is 448 g/mol. The average Bonchev–Trinajstić information content (AvgIpc) is 3.28. The summed E-state index contributed by atoms with van der Waals surface area (Å²) in [6, 6.07) is 8.69. The maximum Gasteiger partial charge on any atom is 0.267 e. The fourth-order valence-electron chi connectivity index (χ4n) is 2.23. The zero-order chi connectivity index (χ0) is 20.8. The number of hydrogen-bond acceptors (Lipinski definition) is 8. The molecule has 3 N–H and O–H groups in total. The van der Waals surface area contributed by atoms with E-state index in [1.807, 2.05) is 18.4 Å². The molecule has 0 aliphatic rings. The van der Waals surface area contributed by atoms with Crippen LogP contribution in [0.2, 0.25) is 0 Å². The van der Waals surface area contributed by atoms with Crippen molar-refractivity contribution in [1.82, 2.24) is 10.2 Å². The minimum Gasteiger partial charge on any atom is -0.326 e. The summed E-state index contributed by atoms with van der Waals surface area (Å²) in [5.74, 6) is -0.494. The van der Waals surface area contributed by atoms with Crippen molar-refractivity contribution in [2.45, 2.75) is 18.2 Å². The number of aryl methyl sites for hydroxylation is 1. The molecule has 0 spiro atoms. The second-order valence-electron chi connectivity index (χ2n) is 5.91. The molecule has 11 heteroatoms. The lowest BCUT2D eigenvalue weighted by molar-refractivity contribution is -0.114. The normalized spacial score (nSPS) is 10.4. The zero-order valence-corrected chi connectivity index (χ0v) is 18.0. The third kappa shape index (κ3) is 6.38. The van der Waals surface area contributed by atoms with E-state index < -0.39 is 0 Å². The van der Waals surface area contributed by atoms with Crippen molar-refractivity contribution in [3.05, 3.63) is 46.2 Å². The van der Waals surface area contributed by atoms with Gasteiger partial charge in [0.15, 0.2) is 4.34 Å². The van der Waals surface area contributed by atoms with Crippen LogP contribution < -0.4 is 16.0 Å². The molecule has 0 aliphatic heterocycles. The molecule has 2 heterocycles. The predicted octanol–water partition coefficient (Wildman–Crippen LogP) is 3.85. The van der Waals surface area contributed by atoms with Gasteiger partial charge in [0.25, 0.3) is 5.91 Å². The highest BCUT2D eigenvalue weighted by molar-refractivity contribution is 8.01. The fourth-order valence-corrected chi connectivity index (χ4v) is 4.57. The molecular weight excluding hydrogens is 430 g/mol. The van der Waals surface area contributed by atoms with Crippen LogP contribution in [0.3, 0.4) is 0 Å². The first-order chi connectivity index (χ1) is 13.9. The summed E-state index contributed by atoms with van der Waals surface area (Å²) in [5.41, 5.74) is 2.22. The van der Waals surface area contributed by atoms with Gasteiger partial charge < -0.3 is 10.6 Å². The summed E-state index contributed by atoms with van der Waals surface area (Å²) in [6.07, 6.45) is 0. The molecular formula is C18H17N5O3S3. The van der Waals surface area contributed by atoms with Crippen molar-refractivity contribution in [1.29, 1.82) is 0 Å². The van der Waals surface area contributed by atoms with Gasteiger partial charge in [0, 0.05) is 18.3 Å². The fraction of sp³-hybridized carbons (Fsp3) is 0.167. The van der Waals surface area contributed by atoms with E-state index in [0.717, 1.165) is 5.56 Å². The number of hydrogen-bond donors (Lipinski definition) is 3. The number of thiophene rings is 1. The molecule has 0 bridgehead atoms. The van der Waals surface area contributed by atoms with Crippen molar-refractivity contribution in [2.75, 3.05) is 21.7 Å². The van der Waals surface area contributed by atoms with E-state index in [2.05, 4.69) is 26.1 Å². The number of nitrogens with one attached hydrogen (secondary N) is 3. The largest absolute Gasteiger partial charge is 0.326 e.